The van der Waals surface area contributed by atoms with Crippen molar-refractivity contribution in [2.24, 2.45) is 0 Å². The van der Waals surface area contributed by atoms with Gasteiger partial charge in [-0.1, -0.05) is 6.07 Å². The van der Waals surface area contributed by atoms with Crippen LogP contribution >= 0.6 is 23.5 Å². The zero-order valence-electron chi connectivity index (χ0n) is 8.90. The summed E-state index contributed by atoms with van der Waals surface area (Å²) in [5.74, 6) is 1.27. The van der Waals surface area contributed by atoms with Crippen molar-refractivity contribution in [3.8, 4) is 5.75 Å². The Labute approximate surface area is 104 Å². The fourth-order valence-electron chi connectivity index (χ4n) is 1.66. The molecule has 5 heteroatoms. The van der Waals surface area contributed by atoms with E-state index in [9.17, 15) is 4.79 Å². The molecule has 1 aliphatic heterocycles. The van der Waals surface area contributed by atoms with Crippen LogP contribution in [0.2, 0.25) is 0 Å². The highest BCUT2D eigenvalue weighted by molar-refractivity contribution is 7.97. The van der Waals surface area contributed by atoms with Crippen molar-refractivity contribution in [3.05, 3.63) is 23.8 Å². The molecule has 0 fully saturated rings. The monoisotopic (exact) mass is 257 g/mol. The van der Waals surface area contributed by atoms with E-state index in [4.69, 9.17) is 16.3 Å². The summed E-state index contributed by atoms with van der Waals surface area (Å²) in [6.07, 6.45) is 0. The number of methoxy groups -OCH3 is 1. The van der Waals surface area contributed by atoms with Crippen LogP contribution in [0.15, 0.2) is 23.1 Å². The SMILES string of the molecule is COc1cccc2c1C(=O)CN(CCCl)S2. The molecule has 1 heterocycles. The first-order valence-corrected chi connectivity index (χ1v) is 6.26. The number of nitrogens with zero attached hydrogens (tertiary/aromatic N) is 1. The molecule has 0 saturated heterocycles. The van der Waals surface area contributed by atoms with Gasteiger partial charge in [-0.05, 0) is 24.1 Å². The van der Waals surface area contributed by atoms with E-state index in [1.165, 1.54) is 0 Å². The second-order valence-corrected chi connectivity index (χ2v) is 4.92. The van der Waals surface area contributed by atoms with Crippen LogP contribution in [0.25, 0.3) is 0 Å². The average Bonchev–Trinajstić information content (AvgIpc) is 2.28. The van der Waals surface area contributed by atoms with Crippen LogP contribution in [-0.4, -0.2) is 36.2 Å². The molecule has 0 spiro atoms. The number of hydrogen-bond acceptors (Lipinski definition) is 4. The van der Waals surface area contributed by atoms with E-state index in [0.29, 0.717) is 30.3 Å². The number of ether oxygens (including phenoxy) is 1. The normalized spacial score (nSPS) is 16.0. The summed E-state index contributed by atoms with van der Waals surface area (Å²) in [5.41, 5.74) is 0.695. The second kappa shape index (κ2) is 5.08. The Morgan fingerprint density at radius 2 is 2.38 bits per heavy atom. The van der Waals surface area contributed by atoms with E-state index in [2.05, 4.69) is 0 Å². The minimum atomic E-state index is 0.0938. The Kier molecular flexibility index (Phi) is 3.74. The molecular weight excluding hydrogens is 246 g/mol. The smallest absolute Gasteiger partial charge is 0.182 e. The topological polar surface area (TPSA) is 29.5 Å². The molecule has 86 valence electrons. The van der Waals surface area contributed by atoms with Gasteiger partial charge in [-0.2, -0.15) is 0 Å². The molecule has 0 radical (unpaired) electrons. The van der Waals surface area contributed by atoms with Crippen LogP contribution in [-0.2, 0) is 0 Å². The molecule has 1 aliphatic rings. The lowest BCUT2D eigenvalue weighted by Gasteiger charge is -2.26. The van der Waals surface area contributed by atoms with Gasteiger partial charge in [-0.25, -0.2) is 4.31 Å². The van der Waals surface area contributed by atoms with Gasteiger partial charge in [-0.15, -0.1) is 11.6 Å². The molecule has 1 aromatic carbocycles. The molecule has 1 aromatic rings. The Morgan fingerprint density at radius 3 is 3.06 bits per heavy atom. The van der Waals surface area contributed by atoms with Crippen molar-refractivity contribution in [1.82, 2.24) is 4.31 Å². The van der Waals surface area contributed by atoms with Crippen LogP contribution < -0.4 is 4.74 Å². The van der Waals surface area contributed by atoms with Crippen LogP contribution in [0.3, 0.4) is 0 Å². The van der Waals surface area contributed by atoms with Gasteiger partial charge in [0.1, 0.15) is 5.75 Å². The summed E-state index contributed by atoms with van der Waals surface area (Å²) >= 11 is 7.24. The van der Waals surface area contributed by atoms with Crippen molar-refractivity contribution < 1.29 is 9.53 Å². The number of rotatable bonds is 3. The molecule has 0 aromatic heterocycles. The predicted octanol–water partition coefficient (Wildman–Crippen LogP) is 2.44. The van der Waals surface area contributed by atoms with Crippen molar-refractivity contribution in [2.75, 3.05) is 26.1 Å². The third-order valence-electron chi connectivity index (χ3n) is 2.37. The van der Waals surface area contributed by atoms with E-state index < -0.39 is 0 Å². The molecule has 0 unspecified atom stereocenters. The molecule has 0 aliphatic carbocycles. The summed E-state index contributed by atoms with van der Waals surface area (Å²) in [4.78, 5) is 12.9. The standard InChI is InChI=1S/C11H12ClNO2S/c1-15-9-3-2-4-10-11(9)8(14)7-13(16-10)6-5-12/h2-4H,5-7H2,1H3. The van der Waals surface area contributed by atoms with Gasteiger partial charge in [0.2, 0.25) is 0 Å². The Bertz CT molecular complexity index is 411. The Hall–Kier alpha value is -0.710. The number of halogens is 1. The molecular formula is C11H12ClNO2S. The lowest BCUT2D eigenvalue weighted by molar-refractivity contribution is 0.0960. The molecule has 2 rings (SSSR count). The summed E-state index contributed by atoms with van der Waals surface area (Å²) in [5, 5.41) is 0. The van der Waals surface area contributed by atoms with Gasteiger partial charge in [0.25, 0.3) is 0 Å². The van der Waals surface area contributed by atoms with E-state index >= 15 is 0 Å². The van der Waals surface area contributed by atoms with E-state index in [1.807, 2.05) is 22.5 Å². The maximum Gasteiger partial charge on any atom is 0.182 e. The molecule has 0 saturated carbocycles. The molecule has 0 atom stereocenters. The minimum absolute atomic E-state index is 0.0938. The molecule has 0 amide bonds. The van der Waals surface area contributed by atoms with Gasteiger partial charge < -0.3 is 4.74 Å². The Morgan fingerprint density at radius 1 is 1.56 bits per heavy atom. The quantitative estimate of drug-likeness (QED) is 0.615. The number of carbonyl (C=O) groups is 1. The van der Waals surface area contributed by atoms with Gasteiger partial charge in [-0.3, -0.25) is 4.79 Å². The van der Waals surface area contributed by atoms with Crippen molar-refractivity contribution in [2.45, 2.75) is 4.90 Å². The fraction of sp³-hybridized carbons (Fsp3) is 0.364. The number of Topliss-reactive ketones (excluding diaryl/α,β-unsaturated/α-hetero) is 1. The molecule has 16 heavy (non-hydrogen) atoms. The van der Waals surface area contributed by atoms with Gasteiger partial charge in [0, 0.05) is 17.3 Å². The van der Waals surface area contributed by atoms with Crippen molar-refractivity contribution >= 4 is 29.3 Å². The fourth-order valence-corrected chi connectivity index (χ4v) is 3.05. The van der Waals surface area contributed by atoms with E-state index in [-0.39, 0.29) is 5.78 Å². The zero-order chi connectivity index (χ0) is 11.5. The number of fused-ring (bicyclic) bond motifs is 1. The van der Waals surface area contributed by atoms with Gasteiger partial charge in [0.05, 0.1) is 19.2 Å². The van der Waals surface area contributed by atoms with Gasteiger partial charge >= 0.3 is 0 Å². The average molecular weight is 258 g/mol. The van der Waals surface area contributed by atoms with Crippen molar-refractivity contribution in [1.29, 1.82) is 0 Å². The third kappa shape index (κ3) is 2.19. The predicted molar refractivity (Wildman–Crippen MR) is 65.5 cm³/mol. The van der Waals surface area contributed by atoms with E-state index in [1.54, 1.807) is 19.1 Å². The van der Waals surface area contributed by atoms with Crippen LogP contribution in [0.1, 0.15) is 10.4 Å². The largest absolute Gasteiger partial charge is 0.496 e. The van der Waals surface area contributed by atoms with E-state index in [0.717, 1.165) is 4.90 Å². The lowest BCUT2D eigenvalue weighted by Crippen LogP contribution is -2.30. The second-order valence-electron chi connectivity index (χ2n) is 3.40. The maximum atomic E-state index is 12.0. The number of alkyl halides is 1. The highest BCUT2D eigenvalue weighted by Gasteiger charge is 2.26. The third-order valence-corrected chi connectivity index (χ3v) is 3.64. The number of ketones is 1. The summed E-state index contributed by atoms with van der Waals surface area (Å²) in [7, 11) is 1.58. The first-order valence-electron chi connectivity index (χ1n) is 4.95. The molecule has 0 bridgehead atoms. The summed E-state index contributed by atoms with van der Waals surface area (Å²) in [6.45, 7) is 1.10. The first-order chi connectivity index (χ1) is 7.76. The summed E-state index contributed by atoms with van der Waals surface area (Å²) in [6, 6.07) is 5.64. The molecule has 3 nitrogen and oxygen atoms in total. The van der Waals surface area contributed by atoms with Crippen LogP contribution in [0.4, 0.5) is 0 Å². The Balaban J connectivity index is 2.34. The van der Waals surface area contributed by atoms with Crippen molar-refractivity contribution in [3.63, 3.8) is 0 Å². The van der Waals surface area contributed by atoms with Crippen LogP contribution in [0, 0.1) is 0 Å². The lowest BCUT2D eigenvalue weighted by atomic mass is 10.1. The first kappa shape index (κ1) is 11.8. The maximum absolute atomic E-state index is 12.0. The summed E-state index contributed by atoms with van der Waals surface area (Å²) < 4.78 is 7.17. The number of carbonyl (C=O) groups excluding carboxylic acids is 1. The minimum Gasteiger partial charge on any atom is -0.496 e. The highest BCUT2D eigenvalue weighted by Crippen LogP contribution is 2.36. The molecule has 0 N–H and O–H groups in total. The van der Waals surface area contributed by atoms with Gasteiger partial charge in [0.15, 0.2) is 5.78 Å². The number of hydrogen-bond donors (Lipinski definition) is 0. The zero-order valence-corrected chi connectivity index (χ0v) is 10.5. The highest BCUT2D eigenvalue weighted by atomic mass is 35.5. The number of benzene rings is 1. The van der Waals surface area contributed by atoms with Crippen LogP contribution in [0.5, 0.6) is 5.75 Å².